The van der Waals surface area contributed by atoms with Crippen LogP contribution in [-0.4, -0.2) is 60.8 Å². The van der Waals surface area contributed by atoms with Gasteiger partial charge in [0.1, 0.15) is 11.9 Å². The van der Waals surface area contributed by atoms with Crippen molar-refractivity contribution in [2.75, 3.05) is 38.3 Å². The summed E-state index contributed by atoms with van der Waals surface area (Å²) in [7, 11) is 1.62. The molecule has 0 spiro atoms. The van der Waals surface area contributed by atoms with Crippen LogP contribution in [0.1, 0.15) is 87.6 Å². The lowest BCUT2D eigenvalue weighted by atomic mass is 9.81. The SMILES string of the molecule is COCCC(=O)N1CCN(c2nc(C3CCCCC3)c3c(c2C#N)CC(C)(C)OC3)CC1C. The molecule has 1 amide bonds. The fourth-order valence-electron chi connectivity index (χ4n) is 5.69. The fourth-order valence-corrected chi connectivity index (χ4v) is 5.69. The summed E-state index contributed by atoms with van der Waals surface area (Å²) >= 11 is 0. The molecule has 2 aliphatic heterocycles. The number of aromatic nitrogens is 1. The first-order chi connectivity index (χ1) is 15.8. The van der Waals surface area contributed by atoms with Crippen molar-refractivity contribution in [1.82, 2.24) is 9.88 Å². The highest BCUT2D eigenvalue weighted by atomic mass is 16.5. The average Bonchev–Trinajstić information content (AvgIpc) is 2.81. The minimum atomic E-state index is -0.291. The number of nitriles is 1. The molecule has 1 saturated carbocycles. The van der Waals surface area contributed by atoms with E-state index in [-0.39, 0.29) is 17.6 Å². The topological polar surface area (TPSA) is 78.7 Å². The molecule has 0 bridgehead atoms. The molecule has 1 aromatic heterocycles. The second-order valence-corrected chi connectivity index (χ2v) is 10.4. The van der Waals surface area contributed by atoms with E-state index in [0.29, 0.717) is 50.8 Å². The lowest BCUT2D eigenvalue weighted by Crippen LogP contribution is -2.54. The predicted molar refractivity (Wildman–Crippen MR) is 127 cm³/mol. The van der Waals surface area contributed by atoms with Gasteiger partial charge in [0.05, 0.1) is 36.5 Å². The third-order valence-electron chi connectivity index (χ3n) is 7.51. The Hall–Kier alpha value is -2.17. The van der Waals surface area contributed by atoms with Crippen LogP contribution in [0.15, 0.2) is 0 Å². The van der Waals surface area contributed by atoms with Crippen LogP contribution in [0.3, 0.4) is 0 Å². The molecule has 7 nitrogen and oxygen atoms in total. The molecule has 3 heterocycles. The van der Waals surface area contributed by atoms with Crippen LogP contribution in [0.2, 0.25) is 0 Å². The number of carbonyl (C=O) groups excluding carboxylic acids is 1. The van der Waals surface area contributed by atoms with E-state index < -0.39 is 0 Å². The van der Waals surface area contributed by atoms with E-state index in [2.05, 4.69) is 31.7 Å². The molecule has 33 heavy (non-hydrogen) atoms. The molecule has 1 aromatic rings. The van der Waals surface area contributed by atoms with Crippen LogP contribution >= 0.6 is 0 Å². The Morgan fingerprint density at radius 1 is 1.24 bits per heavy atom. The first kappa shape index (κ1) is 24.0. The summed E-state index contributed by atoms with van der Waals surface area (Å²) < 4.78 is 11.3. The zero-order valence-electron chi connectivity index (χ0n) is 20.7. The van der Waals surface area contributed by atoms with Crippen molar-refractivity contribution in [2.24, 2.45) is 0 Å². The molecule has 0 radical (unpaired) electrons. The molecule has 3 aliphatic rings. The molecular weight excluding hydrogens is 416 g/mol. The largest absolute Gasteiger partial charge is 0.384 e. The van der Waals surface area contributed by atoms with Crippen molar-refractivity contribution in [3.05, 3.63) is 22.4 Å². The number of fused-ring (bicyclic) bond motifs is 1. The number of anilines is 1. The lowest BCUT2D eigenvalue weighted by molar-refractivity contribution is -0.134. The third-order valence-corrected chi connectivity index (χ3v) is 7.51. The van der Waals surface area contributed by atoms with Crippen LogP contribution in [0.25, 0.3) is 0 Å². The van der Waals surface area contributed by atoms with E-state index in [4.69, 9.17) is 14.5 Å². The average molecular weight is 455 g/mol. The molecule has 4 rings (SSSR count). The number of rotatable bonds is 5. The summed E-state index contributed by atoms with van der Waals surface area (Å²) in [5.74, 6) is 1.38. The van der Waals surface area contributed by atoms with Gasteiger partial charge in [-0.15, -0.1) is 0 Å². The van der Waals surface area contributed by atoms with E-state index >= 15 is 0 Å². The molecule has 2 fully saturated rings. The van der Waals surface area contributed by atoms with Gasteiger partial charge in [0.25, 0.3) is 0 Å². The molecule has 180 valence electrons. The van der Waals surface area contributed by atoms with Crippen molar-refractivity contribution in [3.63, 3.8) is 0 Å². The maximum Gasteiger partial charge on any atom is 0.225 e. The number of pyridine rings is 1. The highest BCUT2D eigenvalue weighted by molar-refractivity contribution is 5.77. The Balaban J connectivity index is 1.68. The number of amides is 1. The van der Waals surface area contributed by atoms with Gasteiger partial charge in [-0.25, -0.2) is 4.98 Å². The van der Waals surface area contributed by atoms with Crippen LogP contribution in [-0.2, 0) is 27.3 Å². The summed E-state index contributed by atoms with van der Waals surface area (Å²) in [6.45, 7) is 9.28. The van der Waals surface area contributed by atoms with Crippen LogP contribution in [0.5, 0.6) is 0 Å². The highest BCUT2D eigenvalue weighted by Gasteiger charge is 2.36. The van der Waals surface area contributed by atoms with Gasteiger partial charge in [0.15, 0.2) is 0 Å². The van der Waals surface area contributed by atoms with Gasteiger partial charge in [0, 0.05) is 50.7 Å². The first-order valence-electron chi connectivity index (χ1n) is 12.5. The summed E-state index contributed by atoms with van der Waals surface area (Å²) in [6.07, 6.45) is 7.22. The molecular formula is C26H38N4O3. The van der Waals surface area contributed by atoms with E-state index in [1.807, 2.05) is 4.90 Å². The van der Waals surface area contributed by atoms with Gasteiger partial charge in [-0.3, -0.25) is 4.79 Å². The second-order valence-electron chi connectivity index (χ2n) is 10.4. The number of methoxy groups -OCH3 is 1. The molecule has 0 N–H and O–H groups in total. The van der Waals surface area contributed by atoms with Gasteiger partial charge in [0.2, 0.25) is 5.91 Å². The first-order valence-corrected chi connectivity index (χ1v) is 12.5. The summed E-state index contributed by atoms with van der Waals surface area (Å²) in [4.78, 5) is 22.0. The number of nitrogens with zero attached hydrogens (tertiary/aromatic N) is 4. The van der Waals surface area contributed by atoms with Crippen molar-refractivity contribution < 1.29 is 14.3 Å². The Bertz CT molecular complexity index is 917. The van der Waals surface area contributed by atoms with Crippen molar-refractivity contribution in [1.29, 1.82) is 5.26 Å². The van der Waals surface area contributed by atoms with E-state index in [1.165, 1.54) is 19.3 Å². The molecule has 7 heteroatoms. The van der Waals surface area contributed by atoms with Crippen LogP contribution in [0.4, 0.5) is 5.82 Å². The number of hydrogen-bond acceptors (Lipinski definition) is 6. The molecule has 1 atom stereocenters. The van der Waals surface area contributed by atoms with Crippen LogP contribution < -0.4 is 4.90 Å². The van der Waals surface area contributed by atoms with E-state index in [1.54, 1.807) is 7.11 Å². The van der Waals surface area contributed by atoms with E-state index in [0.717, 1.165) is 41.9 Å². The molecule has 0 aromatic carbocycles. The lowest BCUT2D eigenvalue weighted by Gasteiger charge is -2.42. The third kappa shape index (κ3) is 5.02. The van der Waals surface area contributed by atoms with Gasteiger partial charge >= 0.3 is 0 Å². The number of ether oxygens (including phenoxy) is 2. The normalized spacial score (nSPS) is 23.2. The molecule has 1 unspecified atom stereocenters. The standard InChI is InChI=1S/C26H38N4O3/c1-18-16-29(11-12-30(18)23(31)10-13-32-4)25-21(15-27)20-14-26(2,3)33-17-22(20)24(28-25)19-8-6-5-7-9-19/h18-19H,5-14,16-17H2,1-4H3. The fraction of sp³-hybridized carbons (Fsp3) is 0.731. The minimum Gasteiger partial charge on any atom is -0.384 e. The van der Waals surface area contributed by atoms with Crippen molar-refractivity contribution >= 4 is 11.7 Å². The Labute approximate surface area is 198 Å². The Morgan fingerprint density at radius 3 is 2.67 bits per heavy atom. The summed E-state index contributed by atoms with van der Waals surface area (Å²) in [6, 6.07) is 2.57. The smallest absolute Gasteiger partial charge is 0.225 e. The predicted octanol–water partition coefficient (Wildman–Crippen LogP) is 3.93. The Kier molecular flexibility index (Phi) is 7.25. The van der Waals surface area contributed by atoms with Crippen LogP contribution in [0, 0.1) is 11.3 Å². The number of hydrogen-bond donors (Lipinski definition) is 0. The van der Waals surface area contributed by atoms with E-state index in [9.17, 15) is 10.1 Å². The van der Waals surface area contributed by atoms with Gasteiger partial charge < -0.3 is 19.3 Å². The Morgan fingerprint density at radius 2 is 2.00 bits per heavy atom. The summed E-state index contributed by atoms with van der Waals surface area (Å²) in [5, 5.41) is 10.2. The minimum absolute atomic E-state index is 0.0605. The van der Waals surface area contributed by atoms with Gasteiger partial charge in [-0.1, -0.05) is 19.3 Å². The number of piperazine rings is 1. The zero-order chi connectivity index (χ0) is 23.6. The molecule has 1 aliphatic carbocycles. The second kappa shape index (κ2) is 9.99. The van der Waals surface area contributed by atoms with Gasteiger partial charge in [-0.2, -0.15) is 5.26 Å². The van der Waals surface area contributed by atoms with Crippen molar-refractivity contribution in [3.8, 4) is 6.07 Å². The quantitative estimate of drug-likeness (QED) is 0.671. The maximum absolute atomic E-state index is 12.6. The van der Waals surface area contributed by atoms with Crippen molar-refractivity contribution in [2.45, 2.75) is 89.9 Å². The number of carbonyl (C=O) groups is 1. The van der Waals surface area contributed by atoms with Gasteiger partial charge in [-0.05, 0) is 39.2 Å². The monoisotopic (exact) mass is 454 g/mol. The molecule has 1 saturated heterocycles. The summed E-state index contributed by atoms with van der Waals surface area (Å²) in [5.41, 5.74) is 3.85. The zero-order valence-corrected chi connectivity index (χ0v) is 20.7. The highest BCUT2D eigenvalue weighted by Crippen LogP contribution is 2.41. The maximum atomic E-state index is 12.6.